The van der Waals surface area contributed by atoms with Crippen molar-refractivity contribution < 1.29 is 26.4 Å². The summed E-state index contributed by atoms with van der Waals surface area (Å²) >= 11 is 0. The highest BCUT2D eigenvalue weighted by Gasteiger charge is 2.38. The Hall–Kier alpha value is -1.65. The molecule has 2 atom stereocenters. The molecule has 2 aliphatic heterocycles. The van der Waals surface area contributed by atoms with Gasteiger partial charge in [-0.2, -0.15) is 4.31 Å². The first-order valence-electron chi connectivity index (χ1n) is 8.80. The number of piperidine rings is 1. The highest BCUT2D eigenvalue weighted by atomic mass is 32.2. The van der Waals surface area contributed by atoms with Crippen molar-refractivity contribution in [1.29, 1.82) is 0 Å². The summed E-state index contributed by atoms with van der Waals surface area (Å²) in [5, 5.41) is 0. The number of methoxy groups -OCH3 is 1. The lowest BCUT2D eigenvalue weighted by Crippen LogP contribution is -2.42. The molecule has 2 saturated heterocycles. The van der Waals surface area contributed by atoms with Gasteiger partial charge >= 0.3 is 0 Å². The van der Waals surface area contributed by atoms with E-state index < -0.39 is 26.0 Å². The Bertz CT molecular complexity index is 948. The van der Waals surface area contributed by atoms with Gasteiger partial charge in [-0.15, -0.1) is 0 Å². The van der Waals surface area contributed by atoms with E-state index >= 15 is 0 Å². The van der Waals surface area contributed by atoms with Gasteiger partial charge in [-0.25, -0.2) is 21.1 Å². The number of rotatable bonds is 4. The molecular formula is C17H24N2O6S2. The number of ether oxygens (including phenoxy) is 1. The number of sulfonamides is 2. The molecule has 0 saturated carbocycles. The van der Waals surface area contributed by atoms with Crippen LogP contribution in [0.3, 0.4) is 0 Å². The molecule has 10 heteroatoms. The van der Waals surface area contributed by atoms with Gasteiger partial charge in [0.15, 0.2) is 0 Å². The summed E-state index contributed by atoms with van der Waals surface area (Å²) in [4.78, 5) is 11.9. The van der Waals surface area contributed by atoms with Gasteiger partial charge in [0.1, 0.15) is 10.6 Å². The average Bonchev–Trinajstić information content (AvgIpc) is 2.86. The van der Waals surface area contributed by atoms with Crippen molar-refractivity contribution in [3.05, 3.63) is 18.2 Å². The molecule has 0 N–H and O–H groups in total. The normalized spacial score (nSPS) is 26.3. The summed E-state index contributed by atoms with van der Waals surface area (Å²) in [5.41, 5.74) is 0.0231. The van der Waals surface area contributed by atoms with E-state index in [-0.39, 0.29) is 40.3 Å². The molecule has 3 rings (SSSR count). The molecule has 2 aliphatic rings. The summed E-state index contributed by atoms with van der Waals surface area (Å²) in [5.74, 6) is -0.282. The first-order valence-corrected chi connectivity index (χ1v) is 11.8. The molecule has 150 valence electrons. The van der Waals surface area contributed by atoms with Crippen LogP contribution in [0.5, 0.6) is 5.75 Å². The van der Waals surface area contributed by atoms with Crippen LogP contribution in [0.25, 0.3) is 0 Å². The molecule has 2 fully saturated rings. The Morgan fingerprint density at radius 3 is 2.30 bits per heavy atom. The van der Waals surface area contributed by atoms with Gasteiger partial charge in [-0.05, 0) is 36.5 Å². The predicted octanol–water partition coefficient (Wildman–Crippen LogP) is 1.43. The van der Waals surface area contributed by atoms with Crippen molar-refractivity contribution in [2.75, 3.05) is 30.3 Å². The fraction of sp³-hybridized carbons (Fsp3) is 0.588. The van der Waals surface area contributed by atoms with Crippen LogP contribution in [0.4, 0.5) is 5.69 Å². The number of nitrogens with zero attached hydrogens (tertiary/aromatic N) is 2. The SMILES string of the molecule is COc1ccc(N2C(=O)CCS2(=O)=O)cc1S(=O)(=O)N1CC(C)CC(C)C1. The fourth-order valence-corrected chi connectivity index (χ4v) is 7.11. The zero-order chi connectivity index (χ0) is 20.0. The number of benzene rings is 1. The zero-order valence-corrected chi connectivity index (χ0v) is 17.2. The number of anilines is 1. The molecule has 27 heavy (non-hydrogen) atoms. The Labute approximate surface area is 160 Å². The van der Waals surface area contributed by atoms with Crippen LogP contribution in [-0.4, -0.2) is 53.0 Å². The highest BCUT2D eigenvalue weighted by Crippen LogP contribution is 2.35. The fourth-order valence-electron chi connectivity index (χ4n) is 3.80. The summed E-state index contributed by atoms with van der Waals surface area (Å²) in [6.07, 6.45) is 0.835. The monoisotopic (exact) mass is 416 g/mol. The lowest BCUT2D eigenvalue weighted by molar-refractivity contribution is -0.116. The molecular weight excluding hydrogens is 392 g/mol. The number of carbonyl (C=O) groups is 1. The largest absolute Gasteiger partial charge is 0.495 e. The molecule has 1 amide bonds. The Balaban J connectivity index is 2.08. The van der Waals surface area contributed by atoms with Crippen LogP contribution < -0.4 is 9.04 Å². The molecule has 8 nitrogen and oxygen atoms in total. The molecule has 0 aromatic heterocycles. The van der Waals surface area contributed by atoms with Crippen molar-refractivity contribution >= 4 is 31.6 Å². The van der Waals surface area contributed by atoms with E-state index in [1.165, 1.54) is 29.6 Å². The van der Waals surface area contributed by atoms with Crippen LogP contribution in [-0.2, 0) is 24.8 Å². The summed E-state index contributed by atoms with van der Waals surface area (Å²) in [7, 11) is -6.33. The summed E-state index contributed by atoms with van der Waals surface area (Å²) in [6.45, 7) is 4.78. The van der Waals surface area contributed by atoms with Gasteiger partial charge in [0.25, 0.3) is 0 Å². The molecule has 2 heterocycles. The van der Waals surface area contributed by atoms with E-state index in [1.54, 1.807) is 0 Å². The number of hydrogen-bond acceptors (Lipinski definition) is 6. The maximum Gasteiger partial charge on any atom is 0.246 e. The molecule has 0 spiro atoms. The molecule has 1 aromatic rings. The molecule has 0 bridgehead atoms. The van der Waals surface area contributed by atoms with E-state index in [0.29, 0.717) is 17.4 Å². The van der Waals surface area contributed by atoms with E-state index in [9.17, 15) is 21.6 Å². The van der Waals surface area contributed by atoms with E-state index in [0.717, 1.165) is 6.42 Å². The van der Waals surface area contributed by atoms with Crippen molar-refractivity contribution in [2.45, 2.75) is 31.6 Å². The van der Waals surface area contributed by atoms with Crippen LogP contribution in [0.2, 0.25) is 0 Å². The first-order chi connectivity index (χ1) is 12.6. The van der Waals surface area contributed by atoms with Crippen LogP contribution in [0.15, 0.2) is 23.1 Å². The summed E-state index contributed by atoms with van der Waals surface area (Å²) in [6, 6.07) is 4.00. The first kappa shape index (κ1) is 20.1. The van der Waals surface area contributed by atoms with Gasteiger partial charge < -0.3 is 4.74 Å². The van der Waals surface area contributed by atoms with E-state index in [1.807, 2.05) is 13.8 Å². The van der Waals surface area contributed by atoms with Crippen LogP contribution >= 0.6 is 0 Å². The molecule has 0 radical (unpaired) electrons. The molecule has 1 aromatic carbocycles. The predicted molar refractivity (Wildman–Crippen MR) is 101 cm³/mol. The van der Waals surface area contributed by atoms with Gasteiger partial charge in [0.05, 0.1) is 18.6 Å². The second-order valence-electron chi connectivity index (χ2n) is 7.33. The summed E-state index contributed by atoms with van der Waals surface area (Å²) < 4.78 is 58.2. The second kappa shape index (κ2) is 7.06. The number of hydrogen-bond donors (Lipinski definition) is 0. The third-order valence-corrected chi connectivity index (χ3v) is 8.46. The maximum absolute atomic E-state index is 13.3. The minimum absolute atomic E-state index is 0.0231. The van der Waals surface area contributed by atoms with Gasteiger partial charge in [0.2, 0.25) is 26.0 Å². The average molecular weight is 417 g/mol. The van der Waals surface area contributed by atoms with Gasteiger partial charge in [0, 0.05) is 19.5 Å². The second-order valence-corrected chi connectivity index (χ2v) is 11.2. The van der Waals surface area contributed by atoms with Crippen molar-refractivity contribution in [3.63, 3.8) is 0 Å². The van der Waals surface area contributed by atoms with Crippen LogP contribution in [0, 0.1) is 11.8 Å². The molecule has 0 aliphatic carbocycles. The maximum atomic E-state index is 13.3. The van der Waals surface area contributed by atoms with Gasteiger partial charge in [-0.1, -0.05) is 13.8 Å². The topological polar surface area (TPSA) is 101 Å². The minimum Gasteiger partial charge on any atom is -0.495 e. The molecule has 2 unspecified atom stereocenters. The quantitative estimate of drug-likeness (QED) is 0.736. The zero-order valence-electron chi connectivity index (χ0n) is 15.6. The van der Waals surface area contributed by atoms with Gasteiger partial charge in [-0.3, -0.25) is 4.79 Å². The number of amides is 1. The Kier molecular flexibility index (Phi) is 5.26. The third-order valence-electron chi connectivity index (χ3n) is 4.91. The van der Waals surface area contributed by atoms with E-state index in [4.69, 9.17) is 4.74 Å². The van der Waals surface area contributed by atoms with Crippen molar-refractivity contribution in [1.82, 2.24) is 4.31 Å². The van der Waals surface area contributed by atoms with E-state index in [2.05, 4.69) is 0 Å². The highest BCUT2D eigenvalue weighted by molar-refractivity contribution is 7.94. The lowest BCUT2D eigenvalue weighted by Gasteiger charge is -2.34. The Morgan fingerprint density at radius 1 is 1.15 bits per heavy atom. The standard InChI is InChI=1S/C17H24N2O6S2/c1-12-8-13(2)11-18(10-12)27(23,24)16-9-14(4-5-15(16)25-3)19-17(20)6-7-26(19,21)22/h4-5,9,12-13H,6-8,10-11H2,1-3H3. The minimum atomic E-state index is -3.90. The number of carbonyl (C=O) groups excluding carboxylic acids is 1. The van der Waals surface area contributed by atoms with Crippen molar-refractivity contribution in [3.8, 4) is 5.75 Å². The van der Waals surface area contributed by atoms with Crippen LogP contribution in [0.1, 0.15) is 26.7 Å². The third kappa shape index (κ3) is 3.70. The Morgan fingerprint density at radius 2 is 1.78 bits per heavy atom. The lowest BCUT2D eigenvalue weighted by atomic mass is 9.94. The smallest absolute Gasteiger partial charge is 0.246 e. The van der Waals surface area contributed by atoms with Crippen molar-refractivity contribution in [2.24, 2.45) is 11.8 Å².